The zero-order chi connectivity index (χ0) is 11.7. The largest absolute Gasteiger partial charge is 0.481 e. The number of carbonyl (C=O) groups is 2. The number of carboxylic acids is 1. The summed E-state index contributed by atoms with van der Waals surface area (Å²) < 4.78 is 4.87. The van der Waals surface area contributed by atoms with E-state index in [1.807, 2.05) is 0 Å². The van der Waals surface area contributed by atoms with E-state index in [0.717, 1.165) is 0 Å². The average Bonchev–Trinajstić information content (AvgIpc) is 2.20. The third kappa shape index (κ3) is 7.51. The number of amides is 2. The Hall–Kier alpha value is -1.56. The number of hydrogen-bond donors (Lipinski definition) is 3. The molecule has 1 atom stereocenters. The van der Waals surface area contributed by atoms with Gasteiger partial charge in [-0.2, -0.15) is 0 Å². The Bertz CT molecular complexity index is 230. The molecule has 0 radical (unpaired) electrons. The van der Waals surface area contributed by atoms with Crippen molar-refractivity contribution in [3.8, 4) is 0 Å². The molecule has 1 unspecified atom stereocenters. The van der Waals surface area contributed by atoms with Crippen LogP contribution in [0.25, 0.3) is 0 Å². The minimum Gasteiger partial charge on any atom is -0.481 e. The van der Waals surface area contributed by atoms with Crippen LogP contribution in [0.15, 0.2) is 12.7 Å². The molecule has 0 spiro atoms. The Morgan fingerprint density at radius 1 is 1.53 bits per heavy atom. The van der Waals surface area contributed by atoms with E-state index in [2.05, 4.69) is 17.2 Å². The summed E-state index contributed by atoms with van der Waals surface area (Å²) >= 11 is 0. The Balaban J connectivity index is 3.74. The molecule has 3 N–H and O–H groups in total. The number of aliphatic carboxylic acids is 1. The van der Waals surface area contributed by atoms with Gasteiger partial charge in [0, 0.05) is 20.2 Å². The van der Waals surface area contributed by atoms with Crippen molar-refractivity contribution in [3.63, 3.8) is 0 Å². The number of carboxylic acid groups (broad SMARTS) is 1. The Morgan fingerprint density at radius 2 is 2.20 bits per heavy atom. The van der Waals surface area contributed by atoms with E-state index in [4.69, 9.17) is 9.84 Å². The molecule has 0 heterocycles. The topological polar surface area (TPSA) is 87.7 Å². The van der Waals surface area contributed by atoms with Gasteiger partial charge in [-0.15, -0.1) is 6.58 Å². The molecule has 0 bridgehead atoms. The minimum absolute atomic E-state index is 0.141. The average molecular weight is 216 g/mol. The standard InChI is InChI=1S/C9H16N2O4/c1-3-4-10-9(14)11-6-7(15-2)5-8(12)13/h3,7H,1,4-6H2,2H3,(H,12,13)(H2,10,11,14). The summed E-state index contributed by atoms with van der Waals surface area (Å²) in [7, 11) is 1.40. The molecule has 0 saturated heterocycles. The maximum atomic E-state index is 11.0. The Kier molecular flexibility index (Phi) is 7.00. The number of methoxy groups -OCH3 is 1. The third-order valence-corrected chi connectivity index (χ3v) is 1.63. The lowest BCUT2D eigenvalue weighted by Crippen LogP contribution is -2.40. The lowest BCUT2D eigenvalue weighted by Gasteiger charge is -2.13. The van der Waals surface area contributed by atoms with Crippen molar-refractivity contribution in [1.82, 2.24) is 10.6 Å². The van der Waals surface area contributed by atoms with Crippen LogP contribution in [0.1, 0.15) is 6.42 Å². The molecule has 0 fully saturated rings. The van der Waals surface area contributed by atoms with Gasteiger partial charge in [-0.25, -0.2) is 4.79 Å². The number of rotatable bonds is 7. The monoisotopic (exact) mass is 216 g/mol. The van der Waals surface area contributed by atoms with Crippen molar-refractivity contribution < 1.29 is 19.4 Å². The van der Waals surface area contributed by atoms with Gasteiger partial charge >= 0.3 is 12.0 Å². The maximum absolute atomic E-state index is 11.0. The van der Waals surface area contributed by atoms with Crippen molar-refractivity contribution in [1.29, 1.82) is 0 Å². The normalized spacial score (nSPS) is 11.5. The van der Waals surface area contributed by atoms with Crippen LogP contribution in [0.2, 0.25) is 0 Å². The highest BCUT2D eigenvalue weighted by atomic mass is 16.5. The van der Waals surface area contributed by atoms with Crippen LogP contribution in [0.4, 0.5) is 4.79 Å². The molecule has 0 aliphatic carbocycles. The lowest BCUT2D eigenvalue weighted by atomic mass is 10.2. The van der Waals surface area contributed by atoms with Crippen molar-refractivity contribution in [3.05, 3.63) is 12.7 Å². The highest BCUT2D eigenvalue weighted by molar-refractivity contribution is 5.74. The molecular formula is C9H16N2O4. The number of carbonyl (C=O) groups excluding carboxylic acids is 1. The second kappa shape index (κ2) is 7.81. The molecule has 0 aliphatic heterocycles. The molecule has 86 valence electrons. The molecule has 2 amide bonds. The summed E-state index contributed by atoms with van der Waals surface area (Å²) in [5.74, 6) is -0.963. The third-order valence-electron chi connectivity index (χ3n) is 1.63. The number of urea groups is 1. The highest BCUT2D eigenvalue weighted by Crippen LogP contribution is 1.94. The van der Waals surface area contributed by atoms with E-state index in [9.17, 15) is 9.59 Å². The molecule has 0 rings (SSSR count). The summed E-state index contributed by atoms with van der Waals surface area (Å²) in [5, 5.41) is 13.5. The first-order valence-electron chi connectivity index (χ1n) is 4.47. The fourth-order valence-electron chi connectivity index (χ4n) is 0.867. The first kappa shape index (κ1) is 13.4. The fraction of sp³-hybridized carbons (Fsp3) is 0.556. The Labute approximate surface area is 88.3 Å². The van der Waals surface area contributed by atoms with Gasteiger partial charge in [0.05, 0.1) is 12.5 Å². The van der Waals surface area contributed by atoms with Crippen molar-refractivity contribution in [2.45, 2.75) is 12.5 Å². The van der Waals surface area contributed by atoms with Crippen LogP contribution in [0.5, 0.6) is 0 Å². The quantitative estimate of drug-likeness (QED) is 0.521. The highest BCUT2D eigenvalue weighted by Gasteiger charge is 2.12. The molecule has 15 heavy (non-hydrogen) atoms. The zero-order valence-electron chi connectivity index (χ0n) is 8.66. The van der Waals surface area contributed by atoms with E-state index in [1.54, 1.807) is 6.08 Å². The predicted molar refractivity (Wildman–Crippen MR) is 54.6 cm³/mol. The number of hydrogen-bond acceptors (Lipinski definition) is 3. The SMILES string of the molecule is C=CCNC(=O)NCC(CC(=O)O)OC. The summed E-state index contributed by atoms with van der Waals surface area (Å²) in [4.78, 5) is 21.4. The van der Waals surface area contributed by atoms with Crippen LogP contribution in [0.3, 0.4) is 0 Å². The second-order valence-electron chi connectivity index (χ2n) is 2.84. The number of ether oxygens (including phenoxy) is 1. The molecule has 0 aromatic carbocycles. The summed E-state index contributed by atoms with van der Waals surface area (Å²) in [6.45, 7) is 3.96. The summed E-state index contributed by atoms with van der Waals surface area (Å²) in [6.07, 6.45) is 0.889. The van der Waals surface area contributed by atoms with E-state index >= 15 is 0 Å². The maximum Gasteiger partial charge on any atom is 0.315 e. The number of nitrogens with one attached hydrogen (secondary N) is 2. The smallest absolute Gasteiger partial charge is 0.315 e. The second-order valence-corrected chi connectivity index (χ2v) is 2.84. The van der Waals surface area contributed by atoms with Gasteiger partial charge in [0.25, 0.3) is 0 Å². The molecule has 6 heteroatoms. The molecule has 0 aromatic rings. The van der Waals surface area contributed by atoms with Crippen molar-refractivity contribution in [2.75, 3.05) is 20.2 Å². The van der Waals surface area contributed by atoms with E-state index in [1.165, 1.54) is 7.11 Å². The first-order valence-corrected chi connectivity index (χ1v) is 4.47. The van der Waals surface area contributed by atoms with Gasteiger partial charge in [-0.05, 0) is 0 Å². The molecule has 6 nitrogen and oxygen atoms in total. The Morgan fingerprint density at radius 3 is 2.67 bits per heavy atom. The molecule has 0 aliphatic rings. The van der Waals surface area contributed by atoms with E-state index in [0.29, 0.717) is 6.54 Å². The fourth-order valence-corrected chi connectivity index (χ4v) is 0.867. The van der Waals surface area contributed by atoms with Gasteiger partial charge in [-0.1, -0.05) is 6.08 Å². The summed E-state index contributed by atoms with van der Waals surface area (Å²) in [6, 6.07) is -0.373. The van der Waals surface area contributed by atoms with Gasteiger partial charge in [0.15, 0.2) is 0 Å². The molecule has 0 aromatic heterocycles. The van der Waals surface area contributed by atoms with Crippen LogP contribution in [-0.2, 0) is 9.53 Å². The minimum atomic E-state index is -0.963. The first-order chi connectivity index (χ1) is 7.10. The molecular weight excluding hydrogens is 200 g/mol. The predicted octanol–water partition coefficient (Wildman–Crippen LogP) is -0.0387. The summed E-state index contributed by atoms with van der Waals surface area (Å²) in [5.41, 5.74) is 0. The van der Waals surface area contributed by atoms with Crippen molar-refractivity contribution in [2.24, 2.45) is 0 Å². The van der Waals surface area contributed by atoms with Crippen LogP contribution < -0.4 is 10.6 Å². The van der Waals surface area contributed by atoms with Crippen LogP contribution >= 0.6 is 0 Å². The lowest BCUT2D eigenvalue weighted by molar-refractivity contribution is -0.139. The van der Waals surface area contributed by atoms with E-state index in [-0.39, 0.29) is 19.0 Å². The van der Waals surface area contributed by atoms with Gasteiger partial charge in [0.1, 0.15) is 0 Å². The van der Waals surface area contributed by atoms with Crippen LogP contribution in [-0.4, -0.2) is 43.4 Å². The van der Waals surface area contributed by atoms with E-state index < -0.39 is 12.1 Å². The van der Waals surface area contributed by atoms with Gasteiger partial charge in [0.2, 0.25) is 0 Å². The van der Waals surface area contributed by atoms with Crippen molar-refractivity contribution >= 4 is 12.0 Å². The van der Waals surface area contributed by atoms with Crippen LogP contribution in [0, 0.1) is 0 Å². The van der Waals surface area contributed by atoms with Gasteiger partial charge in [-0.3, -0.25) is 4.79 Å². The van der Waals surface area contributed by atoms with Gasteiger partial charge < -0.3 is 20.5 Å². The molecule has 0 saturated carbocycles. The zero-order valence-corrected chi connectivity index (χ0v) is 8.66.